The highest BCUT2D eigenvalue weighted by atomic mass is 32.3. The van der Waals surface area contributed by atoms with Gasteiger partial charge >= 0.3 is 5.97 Å². The van der Waals surface area contributed by atoms with Crippen LogP contribution in [-0.2, 0) is 24.7 Å². The van der Waals surface area contributed by atoms with Gasteiger partial charge in [0.1, 0.15) is 0 Å². The van der Waals surface area contributed by atoms with Crippen molar-refractivity contribution < 1.29 is 26.7 Å². The van der Waals surface area contributed by atoms with Crippen molar-refractivity contribution in [3.05, 3.63) is 0 Å². The maximum absolute atomic E-state index is 11.6. The second kappa shape index (κ2) is 4.54. The fourth-order valence-electron chi connectivity index (χ4n) is 1.56. The third kappa shape index (κ3) is 3.65. The molecule has 1 unspecified atom stereocenters. The third-order valence-corrected chi connectivity index (χ3v) is 6.72. The van der Waals surface area contributed by atoms with Crippen LogP contribution < -0.4 is 0 Å². The predicted molar refractivity (Wildman–Crippen MR) is 60.5 cm³/mol. The zero-order valence-electron chi connectivity index (χ0n) is 9.53. The second-order valence-corrected chi connectivity index (χ2v) is 8.83. The number of hydrogen-bond donors (Lipinski definition) is 1. The van der Waals surface area contributed by atoms with Crippen molar-refractivity contribution in [2.75, 3.05) is 24.4 Å². The summed E-state index contributed by atoms with van der Waals surface area (Å²) in [5.41, 5.74) is 0. The fraction of sp³-hybridized carbons (Fsp3) is 0.875. The van der Waals surface area contributed by atoms with Crippen molar-refractivity contribution in [3.63, 3.8) is 0 Å². The summed E-state index contributed by atoms with van der Waals surface area (Å²) in [6.07, 6.45) is 0.849. The minimum atomic E-state index is -3.82. The Hall–Kier alpha value is -0.670. The quantitative estimate of drug-likeness (QED) is 0.692. The molecule has 0 amide bonds. The lowest BCUT2D eigenvalue weighted by molar-refractivity contribution is -0.144. The van der Waals surface area contributed by atoms with Gasteiger partial charge in [-0.15, -0.1) is 0 Å². The number of hydrogen-bond acceptors (Lipinski definition) is 5. The average Bonchev–Trinajstić information content (AvgIpc) is 1.94. The number of carboxylic acids is 1. The first-order chi connectivity index (χ1) is 7.53. The second-order valence-electron chi connectivity index (χ2n) is 4.36. The molecule has 7 nitrogen and oxygen atoms in total. The molecule has 0 aromatic heterocycles. The summed E-state index contributed by atoms with van der Waals surface area (Å²) in [5, 5.41) is 7.81. The minimum absolute atomic E-state index is 0.0747. The smallest absolute Gasteiger partial charge is 0.306 e. The van der Waals surface area contributed by atoms with Gasteiger partial charge < -0.3 is 5.11 Å². The summed E-state index contributed by atoms with van der Waals surface area (Å²) in [7, 11) is -7.42. The van der Waals surface area contributed by atoms with Crippen molar-refractivity contribution in [1.29, 1.82) is 0 Å². The standard InChI is InChI=1S/C8H15NO6S2/c1-6(8(10)11)7-3-9(4-7)17(14,15)5-16(2,12)13/h6-7H,3-5H2,1-2H3,(H,10,11). The molecule has 1 aliphatic rings. The van der Waals surface area contributed by atoms with E-state index >= 15 is 0 Å². The SMILES string of the molecule is CC(C(=O)O)C1CN(S(=O)(=O)CS(C)(=O)=O)C1. The van der Waals surface area contributed by atoms with Crippen LogP contribution in [0.1, 0.15) is 6.92 Å². The zero-order valence-corrected chi connectivity index (χ0v) is 11.2. The molecule has 0 aliphatic carbocycles. The first kappa shape index (κ1) is 14.4. The molecule has 1 saturated heterocycles. The van der Waals surface area contributed by atoms with Crippen molar-refractivity contribution >= 4 is 25.8 Å². The Morgan fingerprint density at radius 2 is 1.82 bits per heavy atom. The molecule has 0 aromatic rings. The number of sulfone groups is 1. The lowest BCUT2D eigenvalue weighted by Gasteiger charge is -2.39. The van der Waals surface area contributed by atoms with E-state index in [9.17, 15) is 21.6 Å². The highest BCUT2D eigenvalue weighted by Gasteiger charge is 2.41. The van der Waals surface area contributed by atoms with E-state index in [1.807, 2.05) is 0 Å². The number of carboxylic acid groups (broad SMARTS) is 1. The molecule has 0 aromatic carbocycles. The van der Waals surface area contributed by atoms with Gasteiger partial charge in [0.05, 0.1) is 5.92 Å². The Morgan fingerprint density at radius 1 is 1.35 bits per heavy atom. The van der Waals surface area contributed by atoms with E-state index in [0.29, 0.717) is 0 Å². The summed E-state index contributed by atoms with van der Waals surface area (Å²) in [5.74, 6) is -1.85. The molecule has 0 radical (unpaired) electrons. The van der Waals surface area contributed by atoms with Crippen LogP contribution in [0.4, 0.5) is 0 Å². The summed E-state index contributed by atoms with van der Waals surface area (Å²) in [4.78, 5) is 10.7. The van der Waals surface area contributed by atoms with Crippen LogP contribution in [0, 0.1) is 11.8 Å². The van der Waals surface area contributed by atoms with Gasteiger partial charge in [-0.05, 0) is 5.92 Å². The van der Waals surface area contributed by atoms with Gasteiger partial charge in [-0.25, -0.2) is 21.1 Å². The maximum Gasteiger partial charge on any atom is 0.306 e. The average molecular weight is 285 g/mol. The Morgan fingerprint density at radius 3 is 2.18 bits per heavy atom. The molecule has 1 rings (SSSR count). The van der Waals surface area contributed by atoms with Crippen LogP contribution in [0.2, 0.25) is 0 Å². The van der Waals surface area contributed by atoms with E-state index in [1.165, 1.54) is 6.92 Å². The normalized spacial score (nSPS) is 20.8. The number of sulfonamides is 1. The predicted octanol–water partition coefficient (Wildman–Crippen LogP) is -1.03. The lowest BCUT2D eigenvalue weighted by Crippen LogP contribution is -2.54. The summed E-state index contributed by atoms with van der Waals surface area (Å²) in [6, 6.07) is 0. The van der Waals surface area contributed by atoms with Gasteiger partial charge in [0, 0.05) is 19.3 Å². The summed E-state index contributed by atoms with van der Waals surface area (Å²) < 4.78 is 46.0. The summed E-state index contributed by atoms with van der Waals surface area (Å²) >= 11 is 0. The van der Waals surface area contributed by atoms with Crippen LogP contribution in [-0.4, -0.2) is 56.6 Å². The number of carbonyl (C=O) groups is 1. The van der Waals surface area contributed by atoms with Crippen molar-refractivity contribution in [3.8, 4) is 0 Å². The van der Waals surface area contributed by atoms with Crippen molar-refractivity contribution in [2.24, 2.45) is 11.8 Å². The fourth-order valence-corrected chi connectivity index (χ4v) is 5.16. The van der Waals surface area contributed by atoms with E-state index < -0.39 is 36.8 Å². The van der Waals surface area contributed by atoms with E-state index in [2.05, 4.69) is 0 Å². The monoisotopic (exact) mass is 285 g/mol. The first-order valence-electron chi connectivity index (χ1n) is 4.91. The molecule has 0 spiro atoms. The van der Waals surface area contributed by atoms with E-state index in [1.54, 1.807) is 0 Å². The third-order valence-electron chi connectivity index (χ3n) is 2.73. The molecule has 17 heavy (non-hydrogen) atoms. The largest absolute Gasteiger partial charge is 0.481 e. The topological polar surface area (TPSA) is 109 Å². The first-order valence-corrected chi connectivity index (χ1v) is 8.58. The molecule has 1 N–H and O–H groups in total. The molecule has 0 bridgehead atoms. The Labute approximate surface area is 100 Å². The lowest BCUT2D eigenvalue weighted by atomic mass is 9.89. The Balaban J connectivity index is 2.62. The molecule has 1 atom stereocenters. The molecule has 1 heterocycles. The number of aliphatic carboxylic acids is 1. The van der Waals surface area contributed by atoms with Gasteiger partial charge in [-0.2, -0.15) is 0 Å². The highest BCUT2D eigenvalue weighted by molar-refractivity contribution is 8.06. The van der Waals surface area contributed by atoms with Gasteiger partial charge in [0.2, 0.25) is 10.0 Å². The zero-order chi connectivity index (χ0) is 13.4. The van der Waals surface area contributed by atoms with Crippen LogP contribution in [0.5, 0.6) is 0 Å². The molecular formula is C8H15NO6S2. The van der Waals surface area contributed by atoms with E-state index in [4.69, 9.17) is 5.11 Å². The van der Waals surface area contributed by atoms with Gasteiger partial charge in [-0.3, -0.25) is 4.79 Å². The summed E-state index contributed by atoms with van der Waals surface area (Å²) in [6.45, 7) is 1.66. The van der Waals surface area contributed by atoms with Crippen LogP contribution in [0.3, 0.4) is 0 Å². The molecule has 0 saturated carbocycles. The maximum atomic E-state index is 11.6. The molecule has 9 heteroatoms. The van der Waals surface area contributed by atoms with Gasteiger partial charge in [-0.1, -0.05) is 6.92 Å². The van der Waals surface area contributed by atoms with Crippen LogP contribution in [0.15, 0.2) is 0 Å². The highest BCUT2D eigenvalue weighted by Crippen LogP contribution is 2.27. The Bertz CT molecular complexity index is 502. The van der Waals surface area contributed by atoms with Crippen molar-refractivity contribution in [1.82, 2.24) is 4.31 Å². The van der Waals surface area contributed by atoms with E-state index in [-0.39, 0.29) is 19.0 Å². The molecular weight excluding hydrogens is 270 g/mol. The minimum Gasteiger partial charge on any atom is -0.481 e. The van der Waals surface area contributed by atoms with Crippen molar-refractivity contribution in [2.45, 2.75) is 6.92 Å². The van der Waals surface area contributed by atoms with Crippen LogP contribution in [0.25, 0.3) is 0 Å². The molecule has 100 valence electrons. The van der Waals surface area contributed by atoms with Gasteiger partial charge in [0.15, 0.2) is 14.9 Å². The molecule has 1 aliphatic heterocycles. The van der Waals surface area contributed by atoms with Gasteiger partial charge in [0.25, 0.3) is 0 Å². The number of nitrogens with zero attached hydrogens (tertiary/aromatic N) is 1. The Kier molecular flexibility index (Phi) is 3.84. The van der Waals surface area contributed by atoms with E-state index in [0.717, 1.165) is 10.6 Å². The molecule has 1 fully saturated rings. The number of rotatable bonds is 5. The van der Waals surface area contributed by atoms with Crippen LogP contribution >= 0.6 is 0 Å².